The van der Waals surface area contributed by atoms with E-state index in [0.717, 1.165) is 16.5 Å². The monoisotopic (exact) mass is 339 g/mol. The molecule has 0 unspecified atom stereocenters. The molecule has 1 heterocycles. The Labute approximate surface area is 145 Å². The van der Waals surface area contributed by atoms with Crippen molar-refractivity contribution in [2.45, 2.75) is 19.9 Å². The third-order valence-corrected chi connectivity index (χ3v) is 4.06. The summed E-state index contributed by atoms with van der Waals surface area (Å²) in [6, 6.07) is 15.2. The first-order chi connectivity index (χ1) is 11.6. The number of hydrazone groups is 1. The van der Waals surface area contributed by atoms with Gasteiger partial charge in [-0.05, 0) is 44.2 Å². The van der Waals surface area contributed by atoms with Crippen LogP contribution in [0.1, 0.15) is 35.8 Å². The molecule has 0 aliphatic heterocycles. The lowest BCUT2D eigenvalue weighted by Crippen LogP contribution is -2.17. The molecule has 0 bridgehead atoms. The Kier molecular flexibility index (Phi) is 4.67. The Morgan fingerprint density at radius 1 is 1.17 bits per heavy atom. The van der Waals surface area contributed by atoms with Gasteiger partial charge in [0.15, 0.2) is 0 Å². The summed E-state index contributed by atoms with van der Waals surface area (Å²) in [6.07, 6.45) is 3.72. The smallest absolute Gasteiger partial charge is 0.271 e. The number of amides is 1. The Morgan fingerprint density at radius 2 is 1.88 bits per heavy atom. The molecule has 1 N–H and O–H groups in total. The lowest BCUT2D eigenvalue weighted by Gasteiger charge is -2.08. The van der Waals surface area contributed by atoms with Crippen LogP contribution >= 0.6 is 11.6 Å². The topological polar surface area (TPSA) is 46.4 Å². The van der Waals surface area contributed by atoms with Crippen LogP contribution in [0.25, 0.3) is 10.9 Å². The zero-order valence-corrected chi connectivity index (χ0v) is 14.3. The number of carbonyl (C=O) groups excluding carboxylic acids is 1. The van der Waals surface area contributed by atoms with E-state index in [4.69, 9.17) is 11.6 Å². The molecule has 0 aliphatic rings. The summed E-state index contributed by atoms with van der Waals surface area (Å²) in [5, 5.41) is 5.79. The van der Waals surface area contributed by atoms with Gasteiger partial charge in [0.05, 0.1) is 6.21 Å². The molecule has 3 rings (SSSR count). The third-order valence-electron chi connectivity index (χ3n) is 3.80. The second-order valence-corrected chi connectivity index (χ2v) is 6.25. The summed E-state index contributed by atoms with van der Waals surface area (Å²) in [7, 11) is 0. The van der Waals surface area contributed by atoms with Gasteiger partial charge in [-0.2, -0.15) is 5.10 Å². The van der Waals surface area contributed by atoms with Gasteiger partial charge < -0.3 is 4.57 Å². The van der Waals surface area contributed by atoms with Crippen molar-refractivity contribution in [2.75, 3.05) is 0 Å². The Balaban J connectivity index is 1.81. The molecule has 4 nitrogen and oxygen atoms in total. The number of halogens is 1. The van der Waals surface area contributed by atoms with Gasteiger partial charge in [-0.15, -0.1) is 0 Å². The highest BCUT2D eigenvalue weighted by atomic mass is 35.5. The van der Waals surface area contributed by atoms with Crippen LogP contribution in [0.4, 0.5) is 0 Å². The number of hydrogen-bond donors (Lipinski definition) is 1. The van der Waals surface area contributed by atoms with E-state index >= 15 is 0 Å². The van der Waals surface area contributed by atoms with Crippen LogP contribution in [0, 0.1) is 0 Å². The number of hydrogen-bond acceptors (Lipinski definition) is 2. The zero-order chi connectivity index (χ0) is 17.1. The molecule has 0 saturated heterocycles. The third kappa shape index (κ3) is 3.34. The van der Waals surface area contributed by atoms with Crippen LogP contribution in [0.5, 0.6) is 0 Å². The number of rotatable bonds is 4. The fourth-order valence-corrected chi connectivity index (χ4v) is 2.71. The van der Waals surface area contributed by atoms with Crippen LogP contribution in [-0.2, 0) is 0 Å². The van der Waals surface area contributed by atoms with Gasteiger partial charge in [0, 0.05) is 39.3 Å². The second kappa shape index (κ2) is 6.89. The maximum atomic E-state index is 12.1. The standard InChI is InChI=1S/C19H18ClN3O/c1-13(2)23-12-15(17-5-3-4-6-18(17)23)11-21-22-19(24)14-7-9-16(20)10-8-14/h3-13H,1-2H3,(H,22,24)/b21-11-. The van der Waals surface area contributed by atoms with Crippen molar-refractivity contribution in [3.8, 4) is 0 Å². The molecule has 2 aromatic carbocycles. The predicted octanol–water partition coefficient (Wildman–Crippen LogP) is 4.64. The van der Waals surface area contributed by atoms with E-state index in [-0.39, 0.29) is 5.91 Å². The van der Waals surface area contributed by atoms with Crippen LogP contribution in [-0.4, -0.2) is 16.7 Å². The molecular weight excluding hydrogens is 322 g/mol. The molecule has 0 spiro atoms. The van der Waals surface area contributed by atoms with Crippen LogP contribution in [0.15, 0.2) is 59.8 Å². The average molecular weight is 340 g/mol. The van der Waals surface area contributed by atoms with Gasteiger partial charge >= 0.3 is 0 Å². The van der Waals surface area contributed by atoms with Crippen LogP contribution < -0.4 is 5.43 Å². The number of benzene rings is 2. The molecule has 0 saturated carbocycles. The zero-order valence-electron chi connectivity index (χ0n) is 13.5. The lowest BCUT2D eigenvalue weighted by molar-refractivity contribution is 0.0955. The van der Waals surface area contributed by atoms with E-state index in [9.17, 15) is 4.79 Å². The second-order valence-electron chi connectivity index (χ2n) is 5.81. The first-order valence-electron chi connectivity index (χ1n) is 7.75. The first kappa shape index (κ1) is 16.3. The average Bonchev–Trinajstić information content (AvgIpc) is 2.95. The van der Waals surface area contributed by atoms with Crippen LogP contribution in [0.2, 0.25) is 5.02 Å². The van der Waals surface area contributed by atoms with Crippen molar-refractivity contribution in [3.05, 3.63) is 70.9 Å². The van der Waals surface area contributed by atoms with Crippen molar-refractivity contribution in [3.63, 3.8) is 0 Å². The van der Waals surface area contributed by atoms with E-state index < -0.39 is 0 Å². The van der Waals surface area contributed by atoms with E-state index in [2.05, 4.69) is 41.1 Å². The maximum absolute atomic E-state index is 12.1. The van der Waals surface area contributed by atoms with Gasteiger partial charge in [0.1, 0.15) is 0 Å². The van der Waals surface area contributed by atoms with E-state index in [1.54, 1.807) is 30.5 Å². The number of nitrogens with one attached hydrogen (secondary N) is 1. The molecular formula is C19H18ClN3O. The summed E-state index contributed by atoms with van der Waals surface area (Å²) in [4.78, 5) is 12.1. The quantitative estimate of drug-likeness (QED) is 0.546. The molecule has 1 amide bonds. The summed E-state index contributed by atoms with van der Waals surface area (Å²) < 4.78 is 2.19. The molecule has 1 aromatic heterocycles. The van der Waals surface area contributed by atoms with E-state index in [1.165, 1.54) is 0 Å². The summed E-state index contributed by atoms with van der Waals surface area (Å²) >= 11 is 5.82. The number of nitrogens with zero attached hydrogens (tertiary/aromatic N) is 2. The van der Waals surface area contributed by atoms with E-state index in [1.807, 2.05) is 18.3 Å². The molecule has 0 aliphatic carbocycles. The minimum absolute atomic E-state index is 0.268. The number of para-hydroxylation sites is 1. The number of carbonyl (C=O) groups is 1. The van der Waals surface area contributed by atoms with Crippen molar-refractivity contribution in [2.24, 2.45) is 5.10 Å². The van der Waals surface area contributed by atoms with Crippen molar-refractivity contribution < 1.29 is 4.79 Å². The fourth-order valence-electron chi connectivity index (χ4n) is 2.59. The van der Waals surface area contributed by atoms with Crippen LogP contribution in [0.3, 0.4) is 0 Å². The number of fused-ring (bicyclic) bond motifs is 1. The predicted molar refractivity (Wildman–Crippen MR) is 98.8 cm³/mol. The molecule has 5 heteroatoms. The minimum Gasteiger partial charge on any atom is -0.344 e. The first-order valence-corrected chi connectivity index (χ1v) is 8.12. The largest absolute Gasteiger partial charge is 0.344 e. The molecule has 24 heavy (non-hydrogen) atoms. The van der Waals surface area contributed by atoms with Crippen molar-refractivity contribution >= 4 is 34.6 Å². The number of aromatic nitrogens is 1. The highest BCUT2D eigenvalue weighted by Crippen LogP contribution is 2.23. The molecule has 3 aromatic rings. The molecule has 0 radical (unpaired) electrons. The molecule has 0 fully saturated rings. The Bertz CT molecular complexity index is 895. The van der Waals surface area contributed by atoms with Gasteiger partial charge in [0.25, 0.3) is 5.91 Å². The molecule has 122 valence electrons. The summed E-state index contributed by atoms with van der Waals surface area (Å²) in [5.74, 6) is -0.268. The fraction of sp³-hybridized carbons (Fsp3) is 0.158. The minimum atomic E-state index is -0.268. The van der Waals surface area contributed by atoms with Gasteiger partial charge in [-0.1, -0.05) is 29.8 Å². The SMILES string of the molecule is CC(C)n1cc(/C=N\NC(=O)c2ccc(Cl)cc2)c2ccccc21. The van der Waals surface area contributed by atoms with Gasteiger partial charge in [0.2, 0.25) is 0 Å². The van der Waals surface area contributed by atoms with Gasteiger partial charge in [-0.3, -0.25) is 4.79 Å². The Morgan fingerprint density at radius 3 is 2.58 bits per heavy atom. The Hall–Kier alpha value is -2.59. The maximum Gasteiger partial charge on any atom is 0.271 e. The highest BCUT2D eigenvalue weighted by molar-refractivity contribution is 6.30. The highest BCUT2D eigenvalue weighted by Gasteiger charge is 2.09. The van der Waals surface area contributed by atoms with E-state index in [0.29, 0.717) is 16.6 Å². The summed E-state index contributed by atoms with van der Waals surface area (Å²) in [6.45, 7) is 4.27. The van der Waals surface area contributed by atoms with Crippen molar-refractivity contribution in [1.29, 1.82) is 0 Å². The normalized spacial score (nSPS) is 11.5. The molecule has 0 atom stereocenters. The van der Waals surface area contributed by atoms with Gasteiger partial charge in [-0.25, -0.2) is 5.43 Å². The summed E-state index contributed by atoms with van der Waals surface area (Å²) in [5.41, 5.74) is 5.18. The van der Waals surface area contributed by atoms with Crippen molar-refractivity contribution in [1.82, 2.24) is 9.99 Å². The lowest BCUT2D eigenvalue weighted by atomic mass is 10.2.